The van der Waals surface area contributed by atoms with E-state index in [0.29, 0.717) is 5.92 Å². The molecular formula is C15H21NO3S. The second-order valence-corrected chi connectivity index (χ2v) is 6.75. The summed E-state index contributed by atoms with van der Waals surface area (Å²) in [5.41, 5.74) is -0.0919. The van der Waals surface area contributed by atoms with Crippen LogP contribution >= 0.6 is 11.3 Å². The zero-order chi connectivity index (χ0) is 14.0. The Hall–Kier alpha value is -0.910. The van der Waals surface area contributed by atoms with Crippen LogP contribution in [-0.2, 0) is 9.47 Å². The van der Waals surface area contributed by atoms with Crippen molar-refractivity contribution in [1.82, 2.24) is 4.90 Å². The summed E-state index contributed by atoms with van der Waals surface area (Å²) < 4.78 is 11.2. The van der Waals surface area contributed by atoms with Gasteiger partial charge in [-0.2, -0.15) is 0 Å². The van der Waals surface area contributed by atoms with E-state index in [1.807, 2.05) is 22.4 Å². The minimum atomic E-state index is -0.0919. The lowest BCUT2D eigenvalue weighted by Gasteiger charge is -2.23. The quantitative estimate of drug-likeness (QED) is 0.856. The number of rotatable bonds is 4. The highest BCUT2D eigenvalue weighted by atomic mass is 32.1. The van der Waals surface area contributed by atoms with E-state index in [-0.39, 0.29) is 11.5 Å². The summed E-state index contributed by atoms with van der Waals surface area (Å²) in [6, 6.07) is 3.82. The van der Waals surface area contributed by atoms with E-state index in [4.69, 9.17) is 9.47 Å². The predicted molar refractivity (Wildman–Crippen MR) is 78.1 cm³/mol. The normalized spacial score (nSPS) is 29.4. The van der Waals surface area contributed by atoms with Crippen molar-refractivity contribution in [2.24, 2.45) is 5.92 Å². The highest BCUT2D eigenvalue weighted by molar-refractivity contribution is 7.12. The topological polar surface area (TPSA) is 38.8 Å². The molecule has 2 fully saturated rings. The Morgan fingerprint density at radius 3 is 3.30 bits per heavy atom. The number of hydrogen-bond acceptors (Lipinski definition) is 4. The molecule has 1 aromatic heterocycles. The molecule has 2 saturated heterocycles. The zero-order valence-electron chi connectivity index (χ0n) is 11.8. The summed E-state index contributed by atoms with van der Waals surface area (Å²) in [5.74, 6) is 0.729. The molecule has 2 aliphatic rings. The minimum absolute atomic E-state index is 0.0919. The number of ether oxygens (including phenoxy) is 2. The number of thiophene rings is 1. The lowest BCUT2D eigenvalue weighted by Crippen LogP contribution is -2.35. The van der Waals surface area contributed by atoms with Gasteiger partial charge in [0, 0.05) is 20.3 Å². The van der Waals surface area contributed by atoms with Gasteiger partial charge < -0.3 is 14.4 Å². The van der Waals surface area contributed by atoms with Crippen LogP contribution in [0.2, 0.25) is 0 Å². The molecule has 1 spiro atoms. The van der Waals surface area contributed by atoms with Gasteiger partial charge >= 0.3 is 0 Å². The van der Waals surface area contributed by atoms with Crippen LogP contribution < -0.4 is 0 Å². The van der Waals surface area contributed by atoms with Crippen molar-refractivity contribution in [1.29, 1.82) is 0 Å². The Morgan fingerprint density at radius 2 is 2.55 bits per heavy atom. The Labute approximate surface area is 123 Å². The highest BCUT2D eigenvalue weighted by Gasteiger charge is 2.46. The second-order valence-electron chi connectivity index (χ2n) is 5.80. The van der Waals surface area contributed by atoms with Gasteiger partial charge in [0.15, 0.2) is 0 Å². The molecule has 2 unspecified atom stereocenters. The number of likely N-dealkylation sites (tertiary alicyclic amines) is 1. The number of hydrogen-bond donors (Lipinski definition) is 0. The fourth-order valence-corrected chi connectivity index (χ4v) is 3.96. The maximum Gasteiger partial charge on any atom is 0.264 e. The van der Waals surface area contributed by atoms with Crippen LogP contribution in [0.4, 0.5) is 0 Å². The number of amides is 1. The molecule has 0 saturated carbocycles. The molecule has 2 aliphatic heterocycles. The van der Waals surface area contributed by atoms with Crippen LogP contribution in [0.25, 0.3) is 0 Å². The van der Waals surface area contributed by atoms with Gasteiger partial charge in [-0.25, -0.2) is 0 Å². The maximum atomic E-state index is 12.4. The van der Waals surface area contributed by atoms with E-state index >= 15 is 0 Å². The van der Waals surface area contributed by atoms with Crippen molar-refractivity contribution < 1.29 is 14.3 Å². The summed E-state index contributed by atoms with van der Waals surface area (Å²) in [7, 11) is 1.74. The monoisotopic (exact) mass is 295 g/mol. The van der Waals surface area contributed by atoms with E-state index in [2.05, 4.69) is 0 Å². The summed E-state index contributed by atoms with van der Waals surface area (Å²) in [6.45, 7) is 3.16. The zero-order valence-corrected chi connectivity index (χ0v) is 12.7. The molecule has 2 atom stereocenters. The van der Waals surface area contributed by atoms with Crippen LogP contribution in [0.3, 0.4) is 0 Å². The average molecular weight is 295 g/mol. The van der Waals surface area contributed by atoms with Crippen molar-refractivity contribution in [2.75, 3.05) is 33.4 Å². The van der Waals surface area contributed by atoms with Gasteiger partial charge in [-0.1, -0.05) is 6.07 Å². The van der Waals surface area contributed by atoms with Crippen LogP contribution in [0.5, 0.6) is 0 Å². The fourth-order valence-electron chi connectivity index (χ4n) is 3.27. The molecule has 110 valence electrons. The SMILES string of the molecule is COCCC1COC2(CCN(C(=O)c3cccs3)C2)C1. The third-order valence-electron chi connectivity index (χ3n) is 4.35. The van der Waals surface area contributed by atoms with Crippen molar-refractivity contribution >= 4 is 17.2 Å². The van der Waals surface area contributed by atoms with E-state index < -0.39 is 0 Å². The van der Waals surface area contributed by atoms with Crippen molar-refractivity contribution in [3.63, 3.8) is 0 Å². The van der Waals surface area contributed by atoms with Crippen LogP contribution in [0.1, 0.15) is 28.9 Å². The first-order valence-corrected chi connectivity index (χ1v) is 8.06. The highest BCUT2D eigenvalue weighted by Crippen LogP contribution is 2.39. The lowest BCUT2D eigenvalue weighted by molar-refractivity contribution is 0.0113. The minimum Gasteiger partial charge on any atom is -0.385 e. The molecule has 1 aromatic rings. The first kappa shape index (κ1) is 14.0. The molecule has 1 amide bonds. The molecule has 0 aliphatic carbocycles. The molecule has 3 heterocycles. The Balaban J connectivity index is 1.58. The van der Waals surface area contributed by atoms with Gasteiger partial charge in [-0.05, 0) is 36.6 Å². The van der Waals surface area contributed by atoms with E-state index in [1.165, 1.54) is 11.3 Å². The first-order chi connectivity index (χ1) is 9.72. The number of carbonyl (C=O) groups is 1. The third kappa shape index (κ3) is 2.75. The van der Waals surface area contributed by atoms with Gasteiger partial charge in [0.05, 0.1) is 23.6 Å². The summed E-state index contributed by atoms with van der Waals surface area (Å²) in [6.07, 6.45) is 3.08. The molecule has 0 bridgehead atoms. The number of nitrogens with zero attached hydrogens (tertiary/aromatic N) is 1. The van der Waals surface area contributed by atoms with Crippen LogP contribution in [0.15, 0.2) is 17.5 Å². The van der Waals surface area contributed by atoms with E-state index in [0.717, 1.165) is 50.4 Å². The summed E-state index contributed by atoms with van der Waals surface area (Å²) in [5, 5.41) is 1.95. The molecule has 3 rings (SSSR count). The van der Waals surface area contributed by atoms with Gasteiger partial charge in [-0.15, -0.1) is 11.3 Å². The van der Waals surface area contributed by atoms with Crippen molar-refractivity contribution in [2.45, 2.75) is 24.9 Å². The van der Waals surface area contributed by atoms with Gasteiger partial charge in [0.1, 0.15) is 0 Å². The van der Waals surface area contributed by atoms with Crippen LogP contribution in [0, 0.1) is 5.92 Å². The smallest absolute Gasteiger partial charge is 0.264 e. The average Bonchev–Trinajstić information content (AvgIpc) is 3.18. The molecule has 0 N–H and O–H groups in total. The van der Waals surface area contributed by atoms with Crippen molar-refractivity contribution in [3.8, 4) is 0 Å². The number of carbonyl (C=O) groups excluding carboxylic acids is 1. The largest absolute Gasteiger partial charge is 0.385 e. The second kappa shape index (κ2) is 5.84. The van der Waals surface area contributed by atoms with Crippen LogP contribution in [-0.4, -0.2) is 49.8 Å². The van der Waals surface area contributed by atoms with Gasteiger partial charge in [0.2, 0.25) is 0 Å². The maximum absolute atomic E-state index is 12.4. The van der Waals surface area contributed by atoms with E-state index in [1.54, 1.807) is 7.11 Å². The molecule has 5 heteroatoms. The Bertz CT molecular complexity index is 462. The Kier molecular flexibility index (Phi) is 4.10. The third-order valence-corrected chi connectivity index (χ3v) is 5.21. The first-order valence-electron chi connectivity index (χ1n) is 7.18. The van der Waals surface area contributed by atoms with E-state index in [9.17, 15) is 4.79 Å². The summed E-state index contributed by atoms with van der Waals surface area (Å²) >= 11 is 1.51. The molecular weight excluding hydrogens is 274 g/mol. The van der Waals surface area contributed by atoms with Crippen molar-refractivity contribution in [3.05, 3.63) is 22.4 Å². The Morgan fingerprint density at radius 1 is 1.65 bits per heavy atom. The fraction of sp³-hybridized carbons (Fsp3) is 0.667. The van der Waals surface area contributed by atoms with Gasteiger partial charge in [-0.3, -0.25) is 4.79 Å². The molecule has 4 nitrogen and oxygen atoms in total. The molecule has 20 heavy (non-hydrogen) atoms. The van der Waals surface area contributed by atoms with Gasteiger partial charge in [0.25, 0.3) is 5.91 Å². The molecule has 0 aromatic carbocycles. The molecule has 0 radical (unpaired) electrons. The summed E-state index contributed by atoms with van der Waals surface area (Å²) in [4.78, 5) is 15.1. The lowest BCUT2D eigenvalue weighted by atomic mass is 9.92. The standard InChI is InChI=1S/C15H21NO3S/c1-18-7-4-12-9-15(19-10-12)5-6-16(11-15)14(17)13-3-2-8-20-13/h2-3,8,12H,4-7,9-11H2,1H3. The predicted octanol–water partition coefficient (Wildman–Crippen LogP) is 2.41. The number of methoxy groups -OCH3 is 1.